The molecule has 0 spiro atoms. The molecule has 1 aromatic carbocycles. The molecule has 2 amide bonds. The molecule has 0 radical (unpaired) electrons. The fourth-order valence-corrected chi connectivity index (χ4v) is 3.85. The van der Waals surface area contributed by atoms with Gasteiger partial charge in [0.1, 0.15) is 23.9 Å². The van der Waals surface area contributed by atoms with Gasteiger partial charge in [-0.15, -0.1) is 11.3 Å². The molecular formula is C20H16F2N4O4S. The van der Waals surface area contributed by atoms with Gasteiger partial charge in [0.15, 0.2) is 11.4 Å². The first kappa shape index (κ1) is 20.5. The number of aromatic hydroxyl groups is 1. The Kier molecular flexibility index (Phi) is 5.42. The van der Waals surface area contributed by atoms with Gasteiger partial charge in [0.2, 0.25) is 5.43 Å². The number of carbonyl (C=O) groups excluding carboxylic acids is 2. The first-order valence-corrected chi connectivity index (χ1v) is 9.99. The van der Waals surface area contributed by atoms with Crippen molar-refractivity contribution in [3.05, 3.63) is 85.5 Å². The number of carbonyl (C=O) groups is 2. The van der Waals surface area contributed by atoms with Crippen molar-refractivity contribution in [3.8, 4) is 5.75 Å². The maximum Gasteiger partial charge on any atom is 0.278 e. The van der Waals surface area contributed by atoms with Crippen LogP contribution in [-0.2, 0) is 13.1 Å². The Morgan fingerprint density at radius 2 is 2.06 bits per heavy atom. The third-order valence-corrected chi connectivity index (χ3v) is 5.59. The van der Waals surface area contributed by atoms with E-state index in [0.717, 1.165) is 21.8 Å². The Balaban J connectivity index is 1.56. The zero-order valence-electron chi connectivity index (χ0n) is 15.9. The molecule has 0 saturated heterocycles. The van der Waals surface area contributed by atoms with Crippen LogP contribution in [0, 0.1) is 11.6 Å². The van der Waals surface area contributed by atoms with Gasteiger partial charge in [-0.3, -0.25) is 19.1 Å². The van der Waals surface area contributed by atoms with Crippen LogP contribution in [0.5, 0.6) is 5.75 Å². The monoisotopic (exact) mass is 446 g/mol. The molecule has 0 atom stereocenters. The van der Waals surface area contributed by atoms with E-state index in [2.05, 4.69) is 10.7 Å². The van der Waals surface area contributed by atoms with Gasteiger partial charge in [0.25, 0.3) is 11.8 Å². The predicted octanol–water partition coefficient (Wildman–Crippen LogP) is 1.98. The topological polar surface area (TPSA) is 104 Å². The molecule has 0 unspecified atom stereocenters. The van der Waals surface area contributed by atoms with E-state index in [9.17, 15) is 28.3 Å². The lowest BCUT2D eigenvalue weighted by atomic mass is 10.1. The van der Waals surface area contributed by atoms with Crippen LogP contribution in [0.1, 0.15) is 31.3 Å². The van der Waals surface area contributed by atoms with Gasteiger partial charge >= 0.3 is 0 Å². The van der Waals surface area contributed by atoms with E-state index in [-0.39, 0.29) is 24.5 Å². The highest BCUT2D eigenvalue weighted by atomic mass is 32.1. The number of nitrogens with one attached hydrogen (secondary N) is 2. The largest absolute Gasteiger partial charge is 0.502 e. The molecule has 0 fully saturated rings. The second-order valence-corrected chi connectivity index (χ2v) is 7.79. The zero-order chi connectivity index (χ0) is 22.1. The smallest absolute Gasteiger partial charge is 0.278 e. The summed E-state index contributed by atoms with van der Waals surface area (Å²) in [4.78, 5) is 40.1. The molecule has 0 aliphatic carbocycles. The second kappa shape index (κ2) is 8.19. The van der Waals surface area contributed by atoms with E-state index in [0.29, 0.717) is 12.6 Å². The molecule has 3 heterocycles. The first-order chi connectivity index (χ1) is 14.8. The van der Waals surface area contributed by atoms with Crippen molar-refractivity contribution in [2.75, 3.05) is 12.1 Å². The van der Waals surface area contributed by atoms with Crippen LogP contribution < -0.4 is 16.2 Å². The van der Waals surface area contributed by atoms with E-state index in [4.69, 9.17) is 0 Å². The van der Waals surface area contributed by atoms with E-state index in [1.54, 1.807) is 0 Å². The van der Waals surface area contributed by atoms with Crippen LogP contribution in [0.2, 0.25) is 0 Å². The van der Waals surface area contributed by atoms with Crippen LogP contribution in [0.25, 0.3) is 0 Å². The summed E-state index contributed by atoms with van der Waals surface area (Å²) in [6.07, 6.45) is 1.11. The predicted molar refractivity (Wildman–Crippen MR) is 108 cm³/mol. The molecule has 3 N–H and O–H groups in total. The molecule has 1 aliphatic rings. The van der Waals surface area contributed by atoms with E-state index in [1.807, 2.05) is 17.5 Å². The molecule has 160 valence electrons. The highest BCUT2D eigenvalue weighted by molar-refractivity contribution is 7.09. The summed E-state index contributed by atoms with van der Waals surface area (Å²) in [7, 11) is 0. The highest BCUT2D eigenvalue weighted by Crippen LogP contribution is 2.21. The summed E-state index contributed by atoms with van der Waals surface area (Å²) < 4.78 is 27.9. The van der Waals surface area contributed by atoms with E-state index in [1.165, 1.54) is 22.3 Å². The highest BCUT2D eigenvalue weighted by Gasteiger charge is 2.31. The van der Waals surface area contributed by atoms with Gasteiger partial charge in [-0.05, 0) is 17.5 Å². The van der Waals surface area contributed by atoms with Crippen LogP contribution >= 0.6 is 11.3 Å². The van der Waals surface area contributed by atoms with Crippen molar-refractivity contribution in [2.45, 2.75) is 13.1 Å². The minimum atomic E-state index is -1.03. The Labute approximate surface area is 178 Å². The lowest BCUT2D eigenvalue weighted by Crippen LogP contribution is -2.46. The zero-order valence-corrected chi connectivity index (χ0v) is 16.7. The average Bonchev–Trinajstić information content (AvgIpc) is 3.25. The van der Waals surface area contributed by atoms with E-state index >= 15 is 0 Å². The lowest BCUT2D eigenvalue weighted by molar-refractivity contribution is 0.0709. The molecule has 0 saturated carbocycles. The van der Waals surface area contributed by atoms with Gasteiger partial charge in [-0.25, -0.2) is 8.78 Å². The summed E-state index contributed by atoms with van der Waals surface area (Å²) in [5.74, 6) is -3.91. The second-order valence-electron chi connectivity index (χ2n) is 6.76. The van der Waals surface area contributed by atoms with Gasteiger partial charge in [-0.1, -0.05) is 12.1 Å². The quantitative estimate of drug-likeness (QED) is 0.556. The summed E-state index contributed by atoms with van der Waals surface area (Å²) in [5, 5.41) is 14.6. The Bertz CT molecular complexity index is 1230. The molecule has 11 heteroatoms. The van der Waals surface area contributed by atoms with Crippen molar-refractivity contribution in [1.82, 2.24) is 14.9 Å². The van der Waals surface area contributed by atoms with E-state index < -0.39 is 40.2 Å². The Morgan fingerprint density at radius 1 is 1.26 bits per heavy atom. The van der Waals surface area contributed by atoms with Gasteiger partial charge < -0.3 is 20.7 Å². The maximum atomic E-state index is 13.7. The number of hydrogen-bond donors (Lipinski definition) is 3. The number of pyridine rings is 1. The fourth-order valence-electron chi connectivity index (χ4n) is 3.13. The molecule has 2 aromatic heterocycles. The van der Waals surface area contributed by atoms with Crippen LogP contribution in [0.3, 0.4) is 0 Å². The lowest BCUT2D eigenvalue weighted by Gasteiger charge is -2.31. The minimum absolute atomic E-state index is 0.0227. The number of hydrogen-bond acceptors (Lipinski definition) is 6. The Hall–Kier alpha value is -3.73. The summed E-state index contributed by atoms with van der Waals surface area (Å²) >= 11 is 1.47. The molecule has 8 nitrogen and oxygen atoms in total. The molecular weight excluding hydrogens is 430 g/mol. The van der Waals surface area contributed by atoms with Crippen LogP contribution in [0.4, 0.5) is 8.78 Å². The number of rotatable bonds is 5. The number of benzene rings is 1. The fraction of sp³-hybridized carbons (Fsp3) is 0.150. The van der Waals surface area contributed by atoms with Gasteiger partial charge in [0.05, 0.1) is 6.54 Å². The van der Waals surface area contributed by atoms with Gasteiger partial charge in [0, 0.05) is 29.2 Å². The SMILES string of the molecule is O=C(NCc1ccc(F)cc1F)c1cn2c(c(O)c1=O)C(=O)N(Cc1cccs1)CN2. The van der Waals surface area contributed by atoms with Crippen molar-refractivity contribution in [1.29, 1.82) is 0 Å². The maximum absolute atomic E-state index is 13.7. The van der Waals surface area contributed by atoms with Crippen molar-refractivity contribution in [3.63, 3.8) is 0 Å². The third-order valence-electron chi connectivity index (χ3n) is 4.73. The number of thiophene rings is 1. The number of fused-ring (bicyclic) bond motifs is 1. The van der Waals surface area contributed by atoms with Crippen molar-refractivity contribution < 1.29 is 23.5 Å². The van der Waals surface area contributed by atoms with Crippen LogP contribution in [-0.4, -0.2) is 33.2 Å². The normalized spacial score (nSPS) is 13.0. The molecule has 3 aromatic rings. The number of nitrogens with zero attached hydrogens (tertiary/aromatic N) is 2. The molecule has 31 heavy (non-hydrogen) atoms. The summed E-state index contributed by atoms with van der Waals surface area (Å²) in [6.45, 7) is 0.0876. The molecule has 4 rings (SSSR count). The van der Waals surface area contributed by atoms with Crippen molar-refractivity contribution >= 4 is 23.2 Å². The Morgan fingerprint density at radius 3 is 2.77 bits per heavy atom. The summed E-state index contributed by atoms with van der Waals surface area (Å²) in [5.41, 5.74) is 1.13. The minimum Gasteiger partial charge on any atom is -0.502 e. The van der Waals surface area contributed by atoms with Gasteiger partial charge in [-0.2, -0.15) is 0 Å². The standard InChI is InChI=1S/C20H16F2N4O4S/c21-12-4-3-11(15(22)6-12)7-23-19(29)14-9-26-16(18(28)17(14)27)20(30)25(10-24-26)8-13-2-1-5-31-13/h1-6,9,24,28H,7-8,10H2,(H,23,29). The first-order valence-electron chi connectivity index (χ1n) is 9.11. The molecule has 0 bridgehead atoms. The van der Waals surface area contributed by atoms with Crippen molar-refractivity contribution in [2.24, 2.45) is 0 Å². The number of aromatic nitrogens is 1. The average molecular weight is 446 g/mol. The van der Waals surface area contributed by atoms with Crippen LogP contribution in [0.15, 0.2) is 46.7 Å². The summed E-state index contributed by atoms with van der Waals surface area (Å²) in [6, 6.07) is 6.60. The number of halogens is 2. The molecule has 1 aliphatic heterocycles. The third kappa shape index (κ3) is 3.99. The number of amides is 2.